The maximum atomic E-state index is 15.1. The minimum atomic E-state index is -0.790. The molecule has 0 atom stereocenters. The second-order valence-corrected chi connectivity index (χ2v) is 8.40. The summed E-state index contributed by atoms with van der Waals surface area (Å²) in [5.41, 5.74) is 13.2. The maximum Gasteiger partial charge on any atom is 0.138 e. The third-order valence-electron chi connectivity index (χ3n) is 5.75. The summed E-state index contributed by atoms with van der Waals surface area (Å²) >= 11 is 0. The lowest BCUT2D eigenvalue weighted by molar-refractivity contribution is -0.0280. The number of pyridine rings is 1. The number of amidine groups is 1. The number of halogens is 1. The predicted molar refractivity (Wildman–Crippen MR) is 126 cm³/mol. The van der Waals surface area contributed by atoms with E-state index in [1.807, 2.05) is 36.4 Å². The van der Waals surface area contributed by atoms with Crippen molar-refractivity contribution >= 4 is 22.4 Å². The van der Waals surface area contributed by atoms with Crippen molar-refractivity contribution < 1.29 is 14.2 Å². The van der Waals surface area contributed by atoms with Crippen molar-refractivity contribution in [3.63, 3.8) is 0 Å². The molecule has 1 heterocycles. The fraction of sp³-hybridized carbons (Fsp3) is 0.240. The highest BCUT2D eigenvalue weighted by Crippen LogP contribution is 2.35. The van der Waals surface area contributed by atoms with Crippen LogP contribution in [0.5, 0.6) is 5.75 Å². The second-order valence-electron chi connectivity index (χ2n) is 8.40. The van der Waals surface area contributed by atoms with E-state index in [0.29, 0.717) is 35.2 Å². The van der Waals surface area contributed by atoms with Gasteiger partial charge in [0.2, 0.25) is 0 Å². The van der Waals surface area contributed by atoms with Crippen LogP contribution in [0.4, 0.5) is 4.39 Å². The lowest BCUT2D eigenvalue weighted by Crippen LogP contribution is -2.44. The van der Waals surface area contributed by atoms with Crippen molar-refractivity contribution in [1.29, 1.82) is 5.26 Å². The van der Waals surface area contributed by atoms with Crippen LogP contribution in [0.25, 0.3) is 27.9 Å². The first-order valence-corrected chi connectivity index (χ1v) is 10.4. The Morgan fingerprint density at radius 1 is 1.24 bits per heavy atom. The number of benzene rings is 2. The van der Waals surface area contributed by atoms with Crippen LogP contribution in [0.1, 0.15) is 25.3 Å². The smallest absolute Gasteiger partial charge is 0.138 e. The molecule has 0 aliphatic heterocycles. The molecule has 0 amide bonds. The summed E-state index contributed by atoms with van der Waals surface area (Å²) in [6.07, 6.45) is 0.866. The van der Waals surface area contributed by atoms with Gasteiger partial charge in [0.1, 0.15) is 29.0 Å². The predicted octanol–water partition coefficient (Wildman–Crippen LogP) is 3.51. The van der Waals surface area contributed by atoms with E-state index in [9.17, 15) is 10.4 Å². The third kappa shape index (κ3) is 4.36. The molecular formula is C25H24FN5O2. The van der Waals surface area contributed by atoms with Gasteiger partial charge in [-0.05, 0) is 31.9 Å². The van der Waals surface area contributed by atoms with E-state index < -0.39 is 11.4 Å². The van der Waals surface area contributed by atoms with Gasteiger partial charge in [0.25, 0.3) is 0 Å². The van der Waals surface area contributed by atoms with Gasteiger partial charge in [-0.2, -0.15) is 5.26 Å². The number of nitriles is 1. The van der Waals surface area contributed by atoms with Crippen LogP contribution >= 0.6 is 0 Å². The molecule has 1 saturated carbocycles. The number of hydrogen-bond donors (Lipinski definition) is 3. The zero-order chi connectivity index (χ0) is 23.8. The van der Waals surface area contributed by atoms with Crippen molar-refractivity contribution in [3.05, 3.63) is 65.5 Å². The van der Waals surface area contributed by atoms with Crippen LogP contribution in [0.3, 0.4) is 0 Å². The molecule has 1 aliphatic rings. The highest BCUT2D eigenvalue weighted by molar-refractivity contribution is 6.07. The van der Waals surface area contributed by atoms with E-state index in [2.05, 4.69) is 9.98 Å². The molecule has 5 N–H and O–H groups in total. The normalized spacial score (nSPS) is 21.2. The second kappa shape index (κ2) is 8.52. The van der Waals surface area contributed by atoms with Crippen molar-refractivity contribution in [1.82, 2.24) is 4.98 Å². The fourth-order valence-corrected chi connectivity index (χ4v) is 4.05. The SMILES string of the molecule is COc1cc(-c2ccccc2)nc2cc(/C(N)=C(\C#N)C(N)=NC3CC(C)(O)C3)c(F)cc12. The Morgan fingerprint density at radius 2 is 1.94 bits per heavy atom. The number of ether oxygens (including phenoxy) is 1. The van der Waals surface area contributed by atoms with Gasteiger partial charge in [0.15, 0.2) is 0 Å². The molecule has 1 aromatic heterocycles. The average molecular weight is 445 g/mol. The molecule has 0 bridgehead atoms. The van der Waals surface area contributed by atoms with E-state index in [1.165, 1.54) is 19.2 Å². The van der Waals surface area contributed by atoms with Crippen LogP contribution in [-0.4, -0.2) is 34.7 Å². The lowest BCUT2D eigenvalue weighted by atomic mass is 9.77. The van der Waals surface area contributed by atoms with Gasteiger partial charge in [0, 0.05) is 22.6 Å². The molecule has 1 aliphatic carbocycles. The number of aliphatic hydroxyl groups is 1. The molecular weight excluding hydrogens is 421 g/mol. The van der Waals surface area contributed by atoms with E-state index >= 15 is 4.39 Å². The van der Waals surface area contributed by atoms with Gasteiger partial charge in [-0.15, -0.1) is 0 Å². The average Bonchev–Trinajstić information content (AvgIpc) is 2.77. The van der Waals surface area contributed by atoms with Crippen molar-refractivity contribution in [2.45, 2.75) is 31.4 Å². The zero-order valence-electron chi connectivity index (χ0n) is 18.3. The van der Waals surface area contributed by atoms with Gasteiger partial charge in [-0.3, -0.25) is 4.99 Å². The number of aliphatic imine (C=N–C) groups is 1. The van der Waals surface area contributed by atoms with Crippen molar-refractivity contribution in [3.8, 4) is 23.1 Å². The van der Waals surface area contributed by atoms with Gasteiger partial charge in [0.05, 0.1) is 35.7 Å². The molecule has 168 valence electrons. The molecule has 8 heteroatoms. The van der Waals surface area contributed by atoms with Crippen molar-refractivity contribution in [2.24, 2.45) is 16.5 Å². The molecule has 0 saturated heterocycles. The molecule has 33 heavy (non-hydrogen) atoms. The molecule has 0 unspecified atom stereocenters. The van der Waals surface area contributed by atoms with Gasteiger partial charge in [-0.1, -0.05) is 30.3 Å². The highest BCUT2D eigenvalue weighted by atomic mass is 19.1. The number of fused-ring (bicyclic) bond motifs is 1. The number of nitrogens with zero attached hydrogens (tertiary/aromatic N) is 3. The number of methoxy groups -OCH3 is 1. The number of nitrogens with two attached hydrogens (primary N) is 2. The van der Waals surface area contributed by atoms with Crippen LogP contribution in [0, 0.1) is 17.1 Å². The van der Waals surface area contributed by atoms with Gasteiger partial charge < -0.3 is 21.3 Å². The Bertz CT molecular complexity index is 1320. The summed E-state index contributed by atoms with van der Waals surface area (Å²) in [4.78, 5) is 8.94. The van der Waals surface area contributed by atoms with E-state index in [1.54, 1.807) is 13.0 Å². The van der Waals surface area contributed by atoms with E-state index in [4.69, 9.17) is 16.2 Å². The Hall–Kier alpha value is -3.96. The van der Waals surface area contributed by atoms with Crippen LogP contribution in [-0.2, 0) is 0 Å². The molecule has 2 aromatic carbocycles. The Labute approximate surface area is 190 Å². The Morgan fingerprint density at radius 3 is 2.55 bits per heavy atom. The zero-order valence-corrected chi connectivity index (χ0v) is 18.3. The minimum Gasteiger partial charge on any atom is -0.496 e. The number of hydrogen-bond acceptors (Lipinski definition) is 6. The van der Waals surface area contributed by atoms with Crippen LogP contribution in [0.15, 0.2) is 59.1 Å². The molecule has 0 radical (unpaired) electrons. The summed E-state index contributed by atoms with van der Waals surface area (Å²) < 4.78 is 20.6. The summed E-state index contributed by atoms with van der Waals surface area (Å²) in [6.45, 7) is 1.71. The summed E-state index contributed by atoms with van der Waals surface area (Å²) in [7, 11) is 1.51. The summed E-state index contributed by atoms with van der Waals surface area (Å²) in [6, 6.07) is 15.7. The number of rotatable bonds is 5. The maximum absolute atomic E-state index is 15.1. The summed E-state index contributed by atoms with van der Waals surface area (Å²) in [5, 5.41) is 20.0. The Kier molecular flexibility index (Phi) is 5.75. The first-order chi connectivity index (χ1) is 15.7. The molecule has 7 nitrogen and oxygen atoms in total. The van der Waals surface area contributed by atoms with E-state index in [0.717, 1.165) is 5.56 Å². The number of aromatic nitrogens is 1. The molecule has 0 spiro atoms. The van der Waals surface area contributed by atoms with Gasteiger partial charge in [-0.25, -0.2) is 9.37 Å². The first kappa shape index (κ1) is 22.2. The fourth-order valence-electron chi connectivity index (χ4n) is 4.05. The topological polar surface area (TPSA) is 131 Å². The van der Waals surface area contributed by atoms with Crippen LogP contribution in [0.2, 0.25) is 0 Å². The molecule has 1 fully saturated rings. The Balaban J connectivity index is 1.82. The first-order valence-electron chi connectivity index (χ1n) is 10.4. The standard InChI is InChI=1S/C25H24FN5O2/c1-25(32)11-15(12-25)30-24(29)18(13-27)23(28)16-9-21-17(8-19(16)26)22(33-2)10-20(31-21)14-6-4-3-5-7-14/h3-10,15,32H,11-12,28H2,1-2H3,(H2,29,30)/b23-18-. The minimum absolute atomic E-state index is 0.00225. The highest BCUT2D eigenvalue weighted by Gasteiger charge is 2.38. The molecule has 3 aromatic rings. The molecule has 4 rings (SSSR count). The lowest BCUT2D eigenvalue weighted by Gasteiger charge is -2.38. The third-order valence-corrected chi connectivity index (χ3v) is 5.75. The van der Waals surface area contributed by atoms with E-state index in [-0.39, 0.29) is 28.7 Å². The summed E-state index contributed by atoms with van der Waals surface area (Å²) in [5.74, 6) is -0.260. The quantitative estimate of drug-likeness (QED) is 0.313. The largest absolute Gasteiger partial charge is 0.496 e. The monoisotopic (exact) mass is 445 g/mol. The van der Waals surface area contributed by atoms with Crippen LogP contribution < -0.4 is 16.2 Å². The van der Waals surface area contributed by atoms with Crippen molar-refractivity contribution in [2.75, 3.05) is 7.11 Å². The van der Waals surface area contributed by atoms with Gasteiger partial charge >= 0.3 is 0 Å².